The lowest BCUT2D eigenvalue weighted by molar-refractivity contribution is -0.274. The molecule has 6 heteroatoms. The smallest absolute Gasteiger partial charge is 0.405 e. The van der Waals surface area contributed by atoms with Crippen molar-refractivity contribution in [3.8, 4) is 16.9 Å². The fraction of sp³-hybridized carbons (Fsp3) is 0.167. The molecule has 2 heterocycles. The second kappa shape index (κ2) is 8.53. The van der Waals surface area contributed by atoms with Crippen LogP contribution in [0.2, 0.25) is 0 Å². The van der Waals surface area contributed by atoms with Gasteiger partial charge in [-0.2, -0.15) is 0 Å². The van der Waals surface area contributed by atoms with E-state index in [9.17, 15) is 13.2 Å². The minimum Gasteiger partial charge on any atom is -0.405 e. The number of hydrogen-bond donors (Lipinski definition) is 0. The van der Waals surface area contributed by atoms with E-state index < -0.39 is 6.36 Å². The molecule has 1 aliphatic heterocycles. The van der Waals surface area contributed by atoms with Gasteiger partial charge in [-0.15, -0.1) is 13.2 Å². The number of para-hydroxylation sites is 1. The van der Waals surface area contributed by atoms with Crippen molar-refractivity contribution in [2.24, 2.45) is 4.99 Å². The number of hydrogen-bond acceptors (Lipinski definition) is 3. The minimum absolute atomic E-state index is 0.218. The van der Waals surface area contributed by atoms with Gasteiger partial charge in [-0.25, -0.2) is 0 Å². The Kier molecular flexibility index (Phi) is 5.65. The van der Waals surface area contributed by atoms with Gasteiger partial charge < -0.3 is 4.74 Å². The Morgan fingerprint density at radius 1 is 0.933 bits per heavy atom. The van der Waals surface area contributed by atoms with Crippen molar-refractivity contribution in [1.29, 1.82) is 0 Å². The molecule has 0 unspecified atom stereocenters. The maximum Gasteiger partial charge on any atom is 0.573 e. The largest absolute Gasteiger partial charge is 0.573 e. The molecule has 152 valence electrons. The van der Waals surface area contributed by atoms with Gasteiger partial charge in [-0.05, 0) is 59.9 Å². The molecule has 1 aliphatic rings. The third-order valence-corrected chi connectivity index (χ3v) is 4.76. The van der Waals surface area contributed by atoms with Crippen LogP contribution in [-0.2, 0) is 0 Å². The lowest BCUT2D eigenvalue weighted by Gasteiger charge is -2.17. The van der Waals surface area contributed by atoms with Crippen LogP contribution in [0.15, 0.2) is 83.6 Å². The SMILES string of the molecule is FC(F)(F)Oc1ccccc1-c1cccc(C=C2CCCN=C2c2cccnc2)c1. The Bertz CT molecular complexity index is 1090. The first kappa shape index (κ1) is 19.9. The van der Waals surface area contributed by atoms with Crippen LogP contribution in [0.25, 0.3) is 17.2 Å². The van der Waals surface area contributed by atoms with Crippen molar-refractivity contribution in [2.45, 2.75) is 19.2 Å². The summed E-state index contributed by atoms with van der Waals surface area (Å²) < 4.78 is 42.5. The number of nitrogens with zero attached hydrogens (tertiary/aromatic N) is 2. The molecule has 0 spiro atoms. The highest BCUT2D eigenvalue weighted by Gasteiger charge is 2.32. The highest BCUT2D eigenvalue weighted by Crippen LogP contribution is 2.34. The van der Waals surface area contributed by atoms with Gasteiger partial charge in [0.15, 0.2) is 0 Å². The Labute approximate surface area is 172 Å². The van der Waals surface area contributed by atoms with Crippen molar-refractivity contribution in [1.82, 2.24) is 4.98 Å². The van der Waals surface area contributed by atoms with Gasteiger partial charge in [0.1, 0.15) is 5.75 Å². The summed E-state index contributed by atoms with van der Waals surface area (Å²) in [5, 5.41) is 0. The summed E-state index contributed by atoms with van der Waals surface area (Å²) in [4.78, 5) is 8.86. The summed E-state index contributed by atoms with van der Waals surface area (Å²) in [6, 6.07) is 17.4. The van der Waals surface area contributed by atoms with Gasteiger partial charge in [0, 0.05) is 30.1 Å². The van der Waals surface area contributed by atoms with Gasteiger partial charge in [0.25, 0.3) is 0 Å². The van der Waals surface area contributed by atoms with E-state index in [1.54, 1.807) is 30.6 Å². The lowest BCUT2D eigenvalue weighted by Crippen LogP contribution is -2.17. The number of benzene rings is 2. The molecule has 0 N–H and O–H groups in total. The average molecular weight is 408 g/mol. The molecular weight excluding hydrogens is 389 g/mol. The Hall–Kier alpha value is -3.41. The first-order valence-corrected chi connectivity index (χ1v) is 9.61. The zero-order valence-corrected chi connectivity index (χ0v) is 16.1. The molecule has 2 aromatic carbocycles. The van der Waals surface area contributed by atoms with Crippen LogP contribution in [-0.4, -0.2) is 23.6 Å². The first-order valence-electron chi connectivity index (χ1n) is 9.61. The number of halogens is 3. The quantitative estimate of drug-likeness (QED) is 0.507. The molecular formula is C24H19F3N2O. The number of aromatic nitrogens is 1. The van der Waals surface area contributed by atoms with Crippen LogP contribution in [0, 0.1) is 0 Å². The molecule has 4 rings (SSSR count). The normalized spacial score (nSPS) is 15.7. The maximum absolute atomic E-state index is 12.8. The molecule has 0 radical (unpaired) electrons. The monoisotopic (exact) mass is 408 g/mol. The Morgan fingerprint density at radius 3 is 2.57 bits per heavy atom. The van der Waals surface area contributed by atoms with Gasteiger partial charge >= 0.3 is 6.36 Å². The van der Waals surface area contributed by atoms with E-state index in [-0.39, 0.29) is 5.75 Å². The van der Waals surface area contributed by atoms with Crippen molar-refractivity contribution >= 4 is 11.8 Å². The van der Waals surface area contributed by atoms with Crippen molar-refractivity contribution in [2.75, 3.05) is 6.54 Å². The number of allylic oxidation sites excluding steroid dienone is 1. The first-order chi connectivity index (χ1) is 14.5. The summed E-state index contributed by atoms with van der Waals surface area (Å²) in [6.45, 7) is 0.768. The minimum atomic E-state index is -4.74. The molecule has 0 fully saturated rings. The zero-order valence-electron chi connectivity index (χ0n) is 16.1. The van der Waals surface area contributed by atoms with Crippen LogP contribution < -0.4 is 4.74 Å². The van der Waals surface area contributed by atoms with Crippen LogP contribution in [0.1, 0.15) is 24.0 Å². The Balaban J connectivity index is 1.70. The van der Waals surface area contributed by atoms with E-state index in [1.165, 1.54) is 12.1 Å². The maximum atomic E-state index is 12.8. The summed E-state index contributed by atoms with van der Waals surface area (Å²) in [5.74, 6) is -0.218. The number of aliphatic imine (C=N–C) groups is 1. The van der Waals surface area contributed by atoms with Gasteiger partial charge in [0.05, 0.1) is 5.71 Å². The summed E-state index contributed by atoms with van der Waals surface area (Å²) >= 11 is 0. The van der Waals surface area contributed by atoms with E-state index >= 15 is 0 Å². The zero-order chi connectivity index (χ0) is 21.0. The molecule has 30 heavy (non-hydrogen) atoms. The average Bonchev–Trinajstić information content (AvgIpc) is 2.74. The lowest BCUT2D eigenvalue weighted by atomic mass is 9.94. The second-order valence-corrected chi connectivity index (χ2v) is 6.91. The van der Waals surface area contributed by atoms with Crippen LogP contribution >= 0.6 is 0 Å². The molecule has 0 aliphatic carbocycles. The summed E-state index contributed by atoms with van der Waals surface area (Å²) in [6.07, 6.45) is 2.65. The molecule has 0 saturated heterocycles. The molecule has 0 bridgehead atoms. The van der Waals surface area contributed by atoms with Crippen molar-refractivity contribution in [3.05, 3.63) is 89.8 Å². The number of ether oxygens (including phenoxy) is 1. The van der Waals surface area contributed by atoms with Crippen LogP contribution in [0.3, 0.4) is 0 Å². The number of pyridine rings is 1. The van der Waals surface area contributed by atoms with Crippen LogP contribution in [0.4, 0.5) is 13.2 Å². The number of rotatable bonds is 4. The van der Waals surface area contributed by atoms with E-state index in [4.69, 9.17) is 0 Å². The van der Waals surface area contributed by atoms with Gasteiger partial charge in [-0.3, -0.25) is 9.98 Å². The van der Waals surface area contributed by atoms with Crippen LogP contribution in [0.5, 0.6) is 5.75 Å². The summed E-state index contributed by atoms with van der Waals surface area (Å²) in [7, 11) is 0. The molecule has 0 saturated carbocycles. The predicted molar refractivity (Wildman–Crippen MR) is 111 cm³/mol. The number of alkyl halides is 3. The molecule has 3 nitrogen and oxygen atoms in total. The highest BCUT2D eigenvalue weighted by molar-refractivity contribution is 6.15. The Morgan fingerprint density at radius 2 is 1.77 bits per heavy atom. The van der Waals surface area contributed by atoms with Crippen molar-refractivity contribution in [3.63, 3.8) is 0 Å². The topological polar surface area (TPSA) is 34.5 Å². The van der Waals surface area contributed by atoms with Gasteiger partial charge in [-0.1, -0.05) is 36.4 Å². The molecule has 3 aromatic rings. The van der Waals surface area contributed by atoms with Crippen molar-refractivity contribution < 1.29 is 17.9 Å². The standard InChI is InChI=1S/C24H19F3N2O/c25-24(26,27)30-22-11-2-1-10-21(22)18-7-3-6-17(14-18)15-19-8-5-13-29-23(19)20-9-4-12-28-16-20/h1-4,6-7,9-12,14-16H,5,8,13H2. The molecule has 1 aromatic heterocycles. The fourth-order valence-corrected chi connectivity index (χ4v) is 3.52. The third kappa shape index (κ3) is 4.76. The summed E-state index contributed by atoms with van der Waals surface area (Å²) in [5.41, 5.74) is 4.90. The van der Waals surface area contributed by atoms with E-state index in [0.717, 1.165) is 41.8 Å². The van der Waals surface area contributed by atoms with E-state index in [0.29, 0.717) is 11.1 Å². The molecule has 0 atom stereocenters. The highest BCUT2D eigenvalue weighted by atomic mass is 19.4. The van der Waals surface area contributed by atoms with E-state index in [2.05, 4.69) is 14.7 Å². The second-order valence-electron chi connectivity index (χ2n) is 6.91. The van der Waals surface area contributed by atoms with E-state index in [1.807, 2.05) is 36.4 Å². The third-order valence-electron chi connectivity index (χ3n) is 4.76. The van der Waals surface area contributed by atoms with Gasteiger partial charge in [0.2, 0.25) is 0 Å². The predicted octanol–water partition coefficient (Wildman–Crippen LogP) is 6.31. The fourth-order valence-electron chi connectivity index (χ4n) is 3.52. The molecule has 0 amide bonds.